The van der Waals surface area contributed by atoms with E-state index >= 15 is 0 Å². The molecule has 1 N–H and O–H groups in total. The highest BCUT2D eigenvalue weighted by Gasteiger charge is 2.69. The molecule has 1 aliphatic carbocycles. The summed E-state index contributed by atoms with van der Waals surface area (Å²) in [5.41, 5.74) is 0.801. The van der Waals surface area contributed by atoms with Crippen molar-refractivity contribution in [3.05, 3.63) is 0 Å². The van der Waals surface area contributed by atoms with Crippen molar-refractivity contribution < 1.29 is 4.74 Å². The molecule has 2 rings (SSSR count). The molecule has 124 valence electrons. The van der Waals surface area contributed by atoms with E-state index in [4.69, 9.17) is 4.74 Å². The summed E-state index contributed by atoms with van der Waals surface area (Å²) in [4.78, 5) is 0. The van der Waals surface area contributed by atoms with Crippen LogP contribution >= 0.6 is 0 Å². The first-order valence-corrected chi connectivity index (χ1v) is 8.80. The molecule has 1 saturated carbocycles. The molecular formula is C19H37NO. The molecule has 2 heteroatoms. The Labute approximate surface area is 132 Å². The summed E-state index contributed by atoms with van der Waals surface area (Å²) in [5, 5.41) is 3.90. The Balaban J connectivity index is 2.26. The Morgan fingerprint density at radius 1 is 1.00 bits per heavy atom. The molecule has 0 aromatic rings. The maximum absolute atomic E-state index is 6.38. The molecule has 2 fully saturated rings. The molecule has 1 heterocycles. The fraction of sp³-hybridized carbons (Fsp3) is 1.00. The second kappa shape index (κ2) is 4.96. The third kappa shape index (κ3) is 2.79. The zero-order valence-electron chi connectivity index (χ0n) is 15.8. The third-order valence-electron chi connectivity index (χ3n) is 6.70. The van der Waals surface area contributed by atoms with Crippen LogP contribution in [0.5, 0.6) is 0 Å². The SMILES string of the molecule is CCCNC(C1CC(C)(C)OC1(C)C)C1C(C)(C)C1(C)C. The van der Waals surface area contributed by atoms with Gasteiger partial charge in [0.05, 0.1) is 11.2 Å². The van der Waals surface area contributed by atoms with E-state index in [1.54, 1.807) is 0 Å². The summed E-state index contributed by atoms with van der Waals surface area (Å²) in [6.45, 7) is 22.2. The smallest absolute Gasteiger partial charge is 0.0677 e. The maximum Gasteiger partial charge on any atom is 0.0677 e. The topological polar surface area (TPSA) is 21.3 Å². The van der Waals surface area contributed by atoms with Crippen LogP contribution in [0.2, 0.25) is 0 Å². The van der Waals surface area contributed by atoms with Crippen molar-refractivity contribution in [1.29, 1.82) is 0 Å². The van der Waals surface area contributed by atoms with Gasteiger partial charge in [-0.05, 0) is 63.8 Å². The van der Waals surface area contributed by atoms with Crippen LogP contribution < -0.4 is 5.32 Å². The monoisotopic (exact) mass is 295 g/mol. The molecule has 2 nitrogen and oxygen atoms in total. The van der Waals surface area contributed by atoms with Gasteiger partial charge >= 0.3 is 0 Å². The van der Waals surface area contributed by atoms with Crippen molar-refractivity contribution in [3.8, 4) is 0 Å². The van der Waals surface area contributed by atoms with E-state index < -0.39 is 0 Å². The Morgan fingerprint density at radius 3 is 1.86 bits per heavy atom. The van der Waals surface area contributed by atoms with Crippen molar-refractivity contribution in [2.24, 2.45) is 22.7 Å². The molecule has 0 bridgehead atoms. The molecule has 0 amide bonds. The zero-order chi connectivity index (χ0) is 16.3. The third-order valence-corrected chi connectivity index (χ3v) is 6.70. The molecule has 21 heavy (non-hydrogen) atoms. The first-order valence-electron chi connectivity index (χ1n) is 8.80. The van der Waals surface area contributed by atoms with E-state index in [-0.39, 0.29) is 11.2 Å². The quantitative estimate of drug-likeness (QED) is 0.798. The van der Waals surface area contributed by atoms with E-state index in [0.29, 0.717) is 22.8 Å². The Kier molecular flexibility index (Phi) is 4.08. The van der Waals surface area contributed by atoms with Crippen LogP contribution in [0.25, 0.3) is 0 Å². The average Bonchev–Trinajstić information content (AvgIpc) is 2.56. The van der Waals surface area contributed by atoms with Crippen molar-refractivity contribution in [3.63, 3.8) is 0 Å². The summed E-state index contributed by atoms with van der Waals surface area (Å²) < 4.78 is 6.38. The summed E-state index contributed by atoms with van der Waals surface area (Å²) in [7, 11) is 0. The first kappa shape index (κ1) is 17.3. The number of hydrogen-bond donors (Lipinski definition) is 1. The molecule has 0 aromatic heterocycles. The van der Waals surface area contributed by atoms with Gasteiger partial charge in [0.15, 0.2) is 0 Å². The molecule has 0 aromatic carbocycles. The van der Waals surface area contributed by atoms with Crippen LogP contribution in [0.3, 0.4) is 0 Å². The van der Waals surface area contributed by atoms with E-state index in [1.807, 2.05) is 0 Å². The van der Waals surface area contributed by atoms with Gasteiger partial charge in [-0.25, -0.2) is 0 Å². The lowest BCUT2D eigenvalue weighted by molar-refractivity contribution is -0.0789. The van der Waals surface area contributed by atoms with Crippen LogP contribution in [0, 0.1) is 22.7 Å². The summed E-state index contributed by atoms with van der Waals surface area (Å²) in [5.74, 6) is 1.32. The lowest BCUT2D eigenvalue weighted by atomic mass is 9.78. The number of hydrogen-bond acceptors (Lipinski definition) is 2. The highest BCUT2D eigenvalue weighted by molar-refractivity contribution is 5.19. The Bertz CT molecular complexity index is 380. The van der Waals surface area contributed by atoms with Crippen molar-refractivity contribution in [2.45, 2.75) is 92.4 Å². The first-order chi connectivity index (χ1) is 9.37. The van der Waals surface area contributed by atoms with Crippen LogP contribution in [-0.4, -0.2) is 23.8 Å². The highest BCUT2D eigenvalue weighted by Crippen LogP contribution is 2.71. The highest BCUT2D eigenvalue weighted by atomic mass is 16.5. The fourth-order valence-corrected chi connectivity index (χ4v) is 5.11. The van der Waals surface area contributed by atoms with Gasteiger partial charge in [-0.15, -0.1) is 0 Å². The van der Waals surface area contributed by atoms with Gasteiger partial charge in [-0.1, -0.05) is 34.6 Å². The van der Waals surface area contributed by atoms with Crippen LogP contribution in [-0.2, 0) is 4.74 Å². The molecule has 2 atom stereocenters. The van der Waals surface area contributed by atoms with Gasteiger partial charge in [0, 0.05) is 12.0 Å². The predicted molar refractivity (Wildman–Crippen MR) is 90.5 cm³/mol. The lowest BCUT2D eigenvalue weighted by Gasteiger charge is -2.35. The van der Waals surface area contributed by atoms with E-state index in [1.165, 1.54) is 6.42 Å². The number of ether oxygens (including phenoxy) is 1. The normalized spacial score (nSPS) is 33.9. The standard InChI is InChI=1S/C19H37NO/c1-10-11-20-14(15-17(4,5)18(15,6)7)13-12-16(2,3)21-19(13,8)9/h13-15,20H,10-12H2,1-9H3. The van der Waals surface area contributed by atoms with Crippen molar-refractivity contribution >= 4 is 0 Å². The predicted octanol–water partition coefficient (Wildman–Crippen LogP) is 4.63. The molecular weight excluding hydrogens is 258 g/mol. The summed E-state index contributed by atoms with van der Waals surface area (Å²) in [6, 6.07) is 0.562. The average molecular weight is 296 g/mol. The summed E-state index contributed by atoms with van der Waals surface area (Å²) in [6.07, 6.45) is 2.35. The maximum atomic E-state index is 6.38. The number of nitrogens with one attached hydrogen (secondary N) is 1. The van der Waals surface area contributed by atoms with Gasteiger partial charge < -0.3 is 10.1 Å². The molecule has 1 aliphatic heterocycles. The van der Waals surface area contributed by atoms with E-state index in [9.17, 15) is 0 Å². The van der Waals surface area contributed by atoms with Gasteiger partial charge in [-0.3, -0.25) is 0 Å². The van der Waals surface area contributed by atoms with Crippen molar-refractivity contribution in [2.75, 3.05) is 6.54 Å². The second-order valence-corrected chi connectivity index (χ2v) is 9.68. The van der Waals surface area contributed by atoms with Crippen LogP contribution in [0.4, 0.5) is 0 Å². The number of rotatable bonds is 5. The lowest BCUT2D eigenvalue weighted by Crippen LogP contribution is -2.47. The van der Waals surface area contributed by atoms with Gasteiger partial charge in [0.1, 0.15) is 0 Å². The van der Waals surface area contributed by atoms with Gasteiger partial charge in [0.2, 0.25) is 0 Å². The van der Waals surface area contributed by atoms with E-state index in [2.05, 4.69) is 67.6 Å². The molecule has 2 unspecified atom stereocenters. The Morgan fingerprint density at radius 2 is 1.52 bits per heavy atom. The van der Waals surface area contributed by atoms with Crippen LogP contribution in [0.1, 0.15) is 75.2 Å². The van der Waals surface area contributed by atoms with E-state index in [0.717, 1.165) is 18.9 Å². The molecule has 1 saturated heterocycles. The minimum absolute atomic E-state index is 0.00346. The minimum atomic E-state index is -0.0380. The molecule has 0 spiro atoms. The Hall–Kier alpha value is -0.0800. The van der Waals surface area contributed by atoms with Crippen molar-refractivity contribution in [1.82, 2.24) is 5.32 Å². The second-order valence-electron chi connectivity index (χ2n) is 9.68. The molecule has 2 aliphatic rings. The van der Waals surface area contributed by atoms with Crippen LogP contribution in [0.15, 0.2) is 0 Å². The van der Waals surface area contributed by atoms with Gasteiger partial charge in [-0.2, -0.15) is 0 Å². The van der Waals surface area contributed by atoms with Gasteiger partial charge in [0.25, 0.3) is 0 Å². The largest absolute Gasteiger partial charge is 0.369 e. The molecule has 0 radical (unpaired) electrons. The zero-order valence-corrected chi connectivity index (χ0v) is 15.8. The minimum Gasteiger partial charge on any atom is -0.369 e. The summed E-state index contributed by atoms with van der Waals surface area (Å²) >= 11 is 0. The fourth-order valence-electron chi connectivity index (χ4n) is 5.11.